The lowest BCUT2D eigenvalue weighted by Crippen LogP contribution is -2.17. The van der Waals surface area contributed by atoms with Gasteiger partial charge in [0.2, 0.25) is 5.91 Å². The highest BCUT2D eigenvalue weighted by molar-refractivity contribution is 7.10. The van der Waals surface area contributed by atoms with Gasteiger partial charge < -0.3 is 15.4 Å². The van der Waals surface area contributed by atoms with Crippen LogP contribution in [0.15, 0.2) is 72.1 Å². The van der Waals surface area contributed by atoms with Gasteiger partial charge in [0.1, 0.15) is 5.75 Å². The van der Waals surface area contributed by atoms with Crippen LogP contribution < -0.4 is 15.4 Å². The largest absolute Gasteiger partial charge is 0.497 e. The van der Waals surface area contributed by atoms with E-state index in [2.05, 4.69) is 10.6 Å². The predicted octanol–water partition coefficient (Wildman–Crippen LogP) is 4.66. The molecule has 0 aliphatic heterocycles. The first kappa shape index (κ1) is 18.4. The molecular weight excluding hydrogens is 360 g/mol. The summed E-state index contributed by atoms with van der Waals surface area (Å²) in [5.41, 5.74) is 1.43. The van der Waals surface area contributed by atoms with Crippen molar-refractivity contribution in [1.29, 1.82) is 0 Å². The van der Waals surface area contributed by atoms with Gasteiger partial charge in [-0.25, -0.2) is 0 Å². The SMILES string of the molecule is COc1cccc(NC(=O)c2ccccc2NC(=O)C=Cc2cccs2)c1. The average molecular weight is 378 g/mol. The molecule has 0 aliphatic carbocycles. The summed E-state index contributed by atoms with van der Waals surface area (Å²) in [5, 5.41) is 7.51. The lowest BCUT2D eigenvalue weighted by atomic mass is 10.1. The number of hydrogen-bond acceptors (Lipinski definition) is 4. The molecule has 2 N–H and O–H groups in total. The van der Waals surface area contributed by atoms with Crippen molar-refractivity contribution in [2.45, 2.75) is 0 Å². The van der Waals surface area contributed by atoms with Crippen LogP contribution in [0, 0.1) is 0 Å². The molecule has 0 saturated heterocycles. The second-order valence-electron chi connectivity index (χ2n) is 5.57. The summed E-state index contributed by atoms with van der Waals surface area (Å²) >= 11 is 1.54. The van der Waals surface area contributed by atoms with Crippen LogP contribution in [-0.2, 0) is 4.79 Å². The summed E-state index contributed by atoms with van der Waals surface area (Å²) < 4.78 is 5.16. The van der Waals surface area contributed by atoms with Crippen molar-refractivity contribution < 1.29 is 14.3 Å². The maximum absolute atomic E-state index is 12.6. The van der Waals surface area contributed by atoms with E-state index in [0.717, 1.165) is 4.88 Å². The molecule has 0 radical (unpaired) electrons. The highest BCUT2D eigenvalue weighted by Gasteiger charge is 2.13. The number of methoxy groups -OCH3 is 1. The fourth-order valence-electron chi connectivity index (χ4n) is 2.41. The number of para-hydroxylation sites is 1. The summed E-state index contributed by atoms with van der Waals surface area (Å²) in [5.74, 6) is 0.0273. The van der Waals surface area contributed by atoms with Gasteiger partial charge in [0, 0.05) is 22.7 Å². The van der Waals surface area contributed by atoms with Gasteiger partial charge >= 0.3 is 0 Å². The molecule has 3 rings (SSSR count). The van der Waals surface area contributed by atoms with Gasteiger partial charge in [-0.05, 0) is 41.8 Å². The van der Waals surface area contributed by atoms with E-state index in [1.165, 1.54) is 6.08 Å². The first-order chi connectivity index (χ1) is 13.2. The number of rotatable bonds is 6. The molecule has 1 heterocycles. The molecule has 2 aromatic carbocycles. The average Bonchev–Trinajstić information content (AvgIpc) is 3.20. The fraction of sp³-hybridized carbons (Fsp3) is 0.0476. The Hall–Kier alpha value is -3.38. The van der Waals surface area contributed by atoms with Gasteiger partial charge in [0.25, 0.3) is 5.91 Å². The number of nitrogens with one attached hydrogen (secondary N) is 2. The van der Waals surface area contributed by atoms with E-state index in [4.69, 9.17) is 4.74 Å². The monoisotopic (exact) mass is 378 g/mol. The first-order valence-electron chi connectivity index (χ1n) is 8.23. The smallest absolute Gasteiger partial charge is 0.257 e. The van der Waals surface area contributed by atoms with Crippen LogP contribution in [0.4, 0.5) is 11.4 Å². The highest BCUT2D eigenvalue weighted by atomic mass is 32.1. The molecule has 27 heavy (non-hydrogen) atoms. The van der Waals surface area contributed by atoms with Crippen LogP contribution in [0.2, 0.25) is 0 Å². The third-order valence-electron chi connectivity index (χ3n) is 3.70. The Morgan fingerprint density at radius 2 is 1.85 bits per heavy atom. The standard InChI is InChI=1S/C21H18N2O3S/c1-26-16-7-4-6-15(14-16)22-21(25)18-9-2-3-10-19(18)23-20(24)12-11-17-8-5-13-27-17/h2-14H,1H3,(H,22,25)(H,23,24). The van der Waals surface area contributed by atoms with Crippen molar-refractivity contribution in [3.63, 3.8) is 0 Å². The minimum Gasteiger partial charge on any atom is -0.497 e. The number of thiophene rings is 1. The van der Waals surface area contributed by atoms with Gasteiger partial charge in [-0.1, -0.05) is 24.3 Å². The van der Waals surface area contributed by atoms with Crippen LogP contribution in [0.25, 0.3) is 6.08 Å². The second kappa shape index (κ2) is 8.82. The Kier molecular flexibility index (Phi) is 6.02. The van der Waals surface area contributed by atoms with Crippen molar-refractivity contribution in [2.75, 3.05) is 17.7 Å². The zero-order chi connectivity index (χ0) is 19.1. The molecule has 5 nitrogen and oxygen atoms in total. The summed E-state index contributed by atoms with van der Waals surface area (Å²) in [6.45, 7) is 0. The summed E-state index contributed by atoms with van der Waals surface area (Å²) in [6.07, 6.45) is 3.18. The molecule has 0 aliphatic rings. The fourth-order valence-corrected chi connectivity index (χ4v) is 3.03. The number of carbonyl (C=O) groups is 2. The number of hydrogen-bond donors (Lipinski definition) is 2. The molecule has 0 atom stereocenters. The molecule has 0 saturated carbocycles. The third-order valence-corrected chi connectivity index (χ3v) is 4.54. The minimum absolute atomic E-state index is 0.301. The molecule has 136 valence electrons. The van der Waals surface area contributed by atoms with Crippen LogP contribution in [-0.4, -0.2) is 18.9 Å². The van der Waals surface area contributed by atoms with E-state index in [1.54, 1.807) is 73.1 Å². The number of amides is 2. The number of ether oxygens (including phenoxy) is 1. The van der Waals surface area contributed by atoms with Crippen molar-refractivity contribution in [2.24, 2.45) is 0 Å². The molecule has 0 fully saturated rings. The van der Waals surface area contributed by atoms with Gasteiger partial charge in [-0.15, -0.1) is 11.3 Å². The van der Waals surface area contributed by atoms with Gasteiger partial charge in [-0.3, -0.25) is 9.59 Å². The quantitative estimate of drug-likeness (QED) is 0.613. The number of anilines is 2. The molecule has 2 amide bonds. The third kappa shape index (κ3) is 5.05. The molecule has 0 unspecified atom stereocenters. The summed E-state index contributed by atoms with van der Waals surface area (Å²) in [6, 6.07) is 17.8. The lowest BCUT2D eigenvalue weighted by molar-refractivity contribution is -0.111. The predicted molar refractivity (Wildman–Crippen MR) is 109 cm³/mol. The molecular formula is C21H18N2O3S. The Labute approximate surface area is 161 Å². The zero-order valence-corrected chi connectivity index (χ0v) is 15.5. The number of benzene rings is 2. The van der Waals surface area contributed by atoms with Crippen molar-refractivity contribution >= 4 is 40.6 Å². The van der Waals surface area contributed by atoms with Crippen LogP contribution >= 0.6 is 11.3 Å². The van der Waals surface area contributed by atoms with E-state index in [-0.39, 0.29) is 11.8 Å². The van der Waals surface area contributed by atoms with E-state index in [1.807, 2.05) is 17.5 Å². The maximum atomic E-state index is 12.6. The Balaban J connectivity index is 1.72. The first-order valence-corrected chi connectivity index (χ1v) is 9.10. The maximum Gasteiger partial charge on any atom is 0.257 e. The van der Waals surface area contributed by atoms with Crippen LogP contribution in [0.1, 0.15) is 15.2 Å². The van der Waals surface area contributed by atoms with Gasteiger partial charge in [0.15, 0.2) is 0 Å². The van der Waals surface area contributed by atoms with Crippen molar-refractivity contribution in [3.8, 4) is 5.75 Å². The van der Waals surface area contributed by atoms with E-state index < -0.39 is 0 Å². The van der Waals surface area contributed by atoms with Crippen molar-refractivity contribution in [3.05, 3.63) is 82.6 Å². The van der Waals surface area contributed by atoms with Crippen LogP contribution in [0.5, 0.6) is 5.75 Å². The normalized spacial score (nSPS) is 10.6. The zero-order valence-electron chi connectivity index (χ0n) is 14.6. The summed E-state index contributed by atoms with van der Waals surface area (Å²) in [4.78, 5) is 25.8. The molecule has 6 heteroatoms. The van der Waals surface area contributed by atoms with E-state index >= 15 is 0 Å². The Morgan fingerprint density at radius 3 is 2.63 bits per heavy atom. The van der Waals surface area contributed by atoms with Gasteiger partial charge in [-0.2, -0.15) is 0 Å². The molecule has 0 spiro atoms. The molecule has 3 aromatic rings. The lowest BCUT2D eigenvalue weighted by Gasteiger charge is -2.11. The highest BCUT2D eigenvalue weighted by Crippen LogP contribution is 2.20. The Morgan fingerprint density at radius 1 is 1.00 bits per heavy atom. The Bertz CT molecular complexity index is 965. The van der Waals surface area contributed by atoms with Gasteiger partial charge in [0.05, 0.1) is 18.4 Å². The second-order valence-corrected chi connectivity index (χ2v) is 6.55. The minimum atomic E-state index is -0.318. The van der Waals surface area contributed by atoms with E-state index in [0.29, 0.717) is 22.7 Å². The van der Waals surface area contributed by atoms with Crippen molar-refractivity contribution in [1.82, 2.24) is 0 Å². The molecule has 0 bridgehead atoms. The van der Waals surface area contributed by atoms with E-state index in [9.17, 15) is 9.59 Å². The van der Waals surface area contributed by atoms with Crippen LogP contribution in [0.3, 0.4) is 0 Å². The number of carbonyl (C=O) groups excluding carboxylic acids is 2. The summed E-state index contributed by atoms with van der Waals surface area (Å²) in [7, 11) is 1.56. The molecule has 1 aromatic heterocycles. The topological polar surface area (TPSA) is 67.4 Å².